The molecule has 3 atom stereocenters. The summed E-state index contributed by atoms with van der Waals surface area (Å²) in [5.41, 5.74) is -0.544. The smallest absolute Gasteiger partial charge is 0.218 e. The van der Waals surface area contributed by atoms with Crippen LogP contribution in [-0.2, 0) is 4.74 Å². The van der Waals surface area contributed by atoms with Gasteiger partial charge in [-0.3, -0.25) is 9.59 Å². The fraction of sp³-hybridized carbons (Fsp3) is 0.286. The average Bonchev–Trinajstić information content (AvgIpc) is 3.17. The first-order valence-electron chi connectivity index (χ1n) is 9.36. The lowest BCUT2D eigenvalue weighted by Crippen LogP contribution is -2.36. The molecular formula is C21H18N2O6. The van der Waals surface area contributed by atoms with Crippen LogP contribution in [0, 0.1) is 0 Å². The standard InChI is InChI=1S/C21H18N2O6/c1-9-12(24)6-7-13(29-9)23-8-22-16-17(23)21(28)15-14(20(16)27)18(25)10-4-2-3-5-11(10)19(15)26/h2-5,8-9,12-13,24-26H,6-7H2,1H3. The lowest BCUT2D eigenvalue weighted by atomic mass is 9.85. The third kappa shape index (κ3) is 2.36. The molecular weight excluding hydrogens is 376 g/mol. The highest BCUT2D eigenvalue weighted by molar-refractivity contribution is 6.31. The summed E-state index contributed by atoms with van der Waals surface area (Å²) in [5, 5.41) is 31.9. The highest BCUT2D eigenvalue weighted by Crippen LogP contribution is 2.44. The first-order chi connectivity index (χ1) is 13.9. The van der Waals surface area contributed by atoms with Crippen molar-refractivity contribution in [2.45, 2.75) is 38.2 Å². The van der Waals surface area contributed by atoms with Crippen LogP contribution in [0.15, 0.2) is 30.6 Å². The Kier molecular flexibility index (Phi) is 3.77. The molecule has 1 fully saturated rings. The zero-order valence-electron chi connectivity index (χ0n) is 15.5. The molecule has 1 aliphatic carbocycles. The number of fused-ring (bicyclic) bond motifs is 3. The lowest BCUT2D eigenvalue weighted by Gasteiger charge is -2.33. The molecule has 0 radical (unpaired) electrons. The van der Waals surface area contributed by atoms with Crippen molar-refractivity contribution in [2.24, 2.45) is 0 Å². The summed E-state index contributed by atoms with van der Waals surface area (Å²) in [4.78, 5) is 30.6. The molecule has 2 heterocycles. The number of phenols is 2. The highest BCUT2D eigenvalue weighted by Gasteiger charge is 2.41. The van der Waals surface area contributed by atoms with Gasteiger partial charge in [0.15, 0.2) is 0 Å². The molecule has 2 aromatic carbocycles. The van der Waals surface area contributed by atoms with E-state index in [9.17, 15) is 24.9 Å². The zero-order chi connectivity index (χ0) is 20.4. The molecule has 2 aliphatic rings. The molecule has 1 aromatic heterocycles. The number of aromatic hydroxyl groups is 2. The second-order valence-electron chi connectivity index (χ2n) is 7.44. The minimum atomic E-state index is -0.629. The summed E-state index contributed by atoms with van der Waals surface area (Å²) in [6, 6.07) is 6.47. The number of carbonyl (C=O) groups is 2. The summed E-state index contributed by atoms with van der Waals surface area (Å²) in [5.74, 6) is -1.93. The van der Waals surface area contributed by atoms with E-state index in [0.717, 1.165) is 0 Å². The topological polar surface area (TPSA) is 122 Å². The van der Waals surface area contributed by atoms with Gasteiger partial charge in [-0.1, -0.05) is 24.3 Å². The van der Waals surface area contributed by atoms with Crippen molar-refractivity contribution in [1.29, 1.82) is 0 Å². The number of carbonyl (C=O) groups excluding carboxylic acids is 2. The molecule has 1 aliphatic heterocycles. The number of rotatable bonds is 1. The number of aliphatic hydroxyl groups excluding tert-OH is 1. The van der Waals surface area contributed by atoms with Crippen LogP contribution >= 0.6 is 0 Å². The van der Waals surface area contributed by atoms with E-state index >= 15 is 0 Å². The van der Waals surface area contributed by atoms with Crippen molar-refractivity contribution in [3.05, 3.63) is 53.1 Å². The number of hydrogen-bond acceptors (Lipinski definition) is 7. The third-order valence-electron chi connectivity index (χ3n) is 5.77. The summed E-state index contributed by atoms with van der Waals surface area (Å²) >= 11 is 0. The van der Waals surface area contributed by atoms with E-state index in [2.05, 4.69) is 4.98 Å². The largest absolute Gasteiger partial charge is 0.506 e. The van der Waals surface area contributed by atoms with E-state index in [0.29, 0.717) is 12.8 Å². The van der Waals surface area contributed by atoms with Gasteiger partial charge >= 0.3 is 0 Å². The minimum Gasteiger partial charge on any atom is -0.506 e. The Labute approximate surface area is 165 Å². The van der Waals surface area contributed by atoms with Crippen LogP contribution in [0.1, 0.15) is 58.1 Å². The molecule has 0 saturated carbocycles. The number of nitrogens with zero attached hydrogens (tertiary/aromatic N) is 2. The number of aliphatic hydroxyl groups is 1. The minimum absolute atomic E-state index is 0.0149. The van der Waals surface area contributed by atoms with E-state index in [1.165, 1.54) is 10.9 Å². The first kappa shape index (κ1) is 17.8. The van der Waals surface area contributed by atoms with Crippen LogP contribution in [0.5, 0.6) is 11.5 Å². The quantitative estimate of drug-likeness (QED) is 0.423. The summed E-state index contributed by atoms with van der Waals surface area (Å²) < 4.78 is 7.28. The molecule has 0 bridgehead atoms. The molecule has 1 saturated heterocycles. The van der Waals surface area contributed by atoms with Crippen LogP contribution in [0.25, 0.3) is 10.8 Å². The first-order valence-corrected chi connectivity index (χ1v) is 9.36. The summed E-state index contributed by atoms with van der Waals surface area (Å²) in [7, 11) is 0. The molecule has 3 aromatic rings. The van der Waals surface area contributed by atoms with Crippen LogP contribution in [0.4, 0.5) is 0 Å². The van der Waals surface area contributed by atoms with Gasteiger partial charge in [0.2, 0.25) is 11.6 Å². The van der Waals surface area contributed by atoms with Crippen LogP contribution in [0.2, 0.25) is 0 Å². The summed E-state index contributed by atoms with van der Waals surface area (Å²) in [6.07, 6.45) is 0.672. The van der Waals surface area contributed by atoms with Crippen LogP contribution < -0.4 is 0 Å². The van der Waals surface area contributed by atoms with E-state index in [4.69, 9.17) is 4.74 Å². The van der Waals surface area contributed by atoms with Gasteiger partial charge in [0, 0.05) is 10.8 Å². The van der Waals surface area contributed by atoms with Gasteiger partial charge in [-0.25, -0.2) is 4.98 Å². The fourth-order valence-corrected chi connectivity index (χ4v) is 4.21. The van der Waals surface area contributed by atoms with Gasteiger partial charge in [-0.2, -0.15) is 0 Å². The van der Waals surface area contributed by atoms with Crippen molar-refractivity contribution in [3.63, 3.8) is 0 Å². The van der Waals surface area contributed by atoms with Crippen molar-refractivity contribution >= 4 is 22.3 Å². The van der Waals surface area contributed by atoms with Crippen LogP contribution in [0.3, 0.4) is 0 Å². The lowest BCUT2D eigenvalue weighted by molar-refractivity contribution is -0.137. The Morgan fingerprint density at radius 1 is 1.03 bits per heavy atom. The third-order valence-corrected chi connectivity index (χ3v) is 5.77. The van der Waals surface area contributed by atoms with Gasteiger partial charge in [0.25, 0.3) is 0 Å². The molecule has 8 nitrogen and oxygen atoms in total. The number of aromatic nitrogens is 2. The second-order valence-corrected chi connectivity index (χ2v) is 7.44. The molecule has 0 spiro atoms. The number of imidazole rings is 1. The SMILES string of the molecule is CC1OC(n2cnc3c2C(=O)c2c(c(O)c4ccccc4c2O)C3=O)CCC1O. The van der Waals surface area contributed by atoms with Gasteiger partial charge in [0.05, 0.1) is 29.7 Å². The summed E-state index contributed by atoms with van der Waals surface area (Å²) in [6.45, 7) is 1.73. The molecule has 8 heteroatoms. The van der Waals surface area contributed by atoms with E-state index in [1.54, 1.807) is 31.2 Å². The van der Waals surface area contributed by atoms with Gasteiger partial charge in [-0.05, 0) is 19.8 Å². The molecule has 5 rings (SSSR count). The van der Waals surface area contributed by atoms with Crippen molar-refractivity contribution < 1.29 is 29.6 Å². The molecule has 0 amide bonds. The van der Waals surface area contributed by atoms with Crippen molar-refractivity contribution in [2.75, 3.05) is 0 Å². The predicted molar refractivity (Wildman–Crippen MR) is 101 cm³/mol. The Balaban J connectivity index is 1.70. The van der Waals surface area contributed by atoms with Gasteiger partial charge in [0.1, 0.15) is 29.1 Å². The Hall–Kier alpha value is -3.23. The van der Waals surface area contributed by atoms with Crippen molar-refractivity contribution in [3.8, 4) is 11.5 Å². The number of phenolic OH excluding ortho intramolecular Hbond substituents is 2. The highest BCUT2D eigenvalue weighted by atomic mass is 16.5. The molecule has 148 valence electrons. The fourth-order valence-electron chi connectivity index (χ4n) is 4.21. The Morgan fingerprint density at radius 3 is 2.28 bits per heavy atom. The molecule has 3 N–H and O–H groups in total. The van der Waals surface area contributed by atoms with Gasteiger partial charge < -0.3 is 24.6 Å². The number of ketones is 2. The van der Waals surface area contributed by atoms with Crippen molar-refractivity contribution in [1.82, 2.24) is 9.55 Å². The van der Waals surface area contributed by atoms with E-state index in [1.807, 2.05) is 0 Å². The molecule has 3 unspecified atom stereocenters. The zero-order valence-corrected chi connectivity index (χ0v) is 15.5. The maximum atomic E-state index is 13.4. The second kappa shape index (κ2) is 6.13. The Morgan fingerprint density at radius 2 is 1.66 bits per heavy atom. The van der Waals surface area contributed by atoms with E-state index < -0.39 is 30.0 Å². The predicted octanol–water partition coefficient (Wildman–Crippen LogP) is 2.28. The van der Waals surface area contributed by atoms with Crippen LogP contribution in [-0.4, -0.2) is 48.6 Å². The molecule has 29 heavy (non-hydrogen) atoms. The monoisotopic (exact) mass is 394 g/mol. The Bertz CT molecular complexity index is 1200. The number of ether oxygens (including phenoxy) is 1. The maximum absolute atomic E-state index is 13.4. The normalized spacial score (nSPS) is 23.9. The maximum Gasteiger partial charge on any atom is 0.218 e. The van der Waals surface area contributed by atoms with Gasteiger partial charge in [-0.15, -0.1) is 0 Å². The number of benzene rings is 2. The average molecular weight is 394 g/mol. The number of hydrogen-bond donors (Lipinski definition) is 3. The van der Waals surface area contributed by atoms with E-state index in [-0.39, 0.29) is 44.8 Å².